The average molecular weight is 1270 g/mol. The number of hydrogen-bond acceptors (Lipinski definition) is 8. The van der Waals surface area contributed by atoms with Gasteiger partial charge in [0.1, 0.15) is 24.4 Å². The van der Waals surface area contributed by atoms with Crippen LogP contribution in [0.5, 0.6) is 0 Å². The summed E-state index contributed by atoms with van der Waals surface area (Å²) in [7, 11) is 0. The molecule has 1 saturated heterocycles. The SMILES string of the molecule is CC/C=C\C/C=C\C/C=C\C/C=C\C/C=C\C/C=C\C/C=C\CCCCCCCCCCCCCCCCCCCCCC(=O)NC(COC1OC(CO)C(O)C(O)C1O)C(O)/C=C/CC/C=C/CC/C=C/CCCCCCCCCCCCCCCCCCC. The molecule has 1 heterocycles. The minimum absolute atomic E-state index is 0.189. The van der Waals surface area contributed by atoms with Crippen molar-refractivity contribution in [2.24, 2.45) is 0 Å². The van der Waals surface area contributed by atoms with Crippen molar-refractivity contribution in [3.63, 3.8) is 0 Å². The molecule has 7 unspecified atom stereocenters. The maximum absolute atomic E-state index is 13.2. The van der Waals surface area contributed by atoms with Crippen LogP contribution in [0.4, 0.5) is 0 Å². The number of carbonyl (C=O) groups is 1. The molecule has 0 aromatic carbocycles. The molecule has 1 aliphatic heterocycles. The largest absolute Gasteiger partial charge is 0.394 e. The van der Waals surface area contributed by atoms with E-state index in [4.69, 9.17) is 9.47 Å². The fraction of sp³-hybridized carbons (Fsp3) is 0.744. The van der Waals surface area contributed by atoms with E-state index in [0.717, 1.165) is 89.9 Å². The van der Waals surface area contributed by atoms with Crippen molar-refractivity contribution < 1.29 is 39.8 Å². The third-order valence-electron chi connectivity index (χ3n) is 17.5. The van der Waals surface area contributed by atoms with E-state index in [2.05, 4.69) is 129 Å². The van der Waals surface area contributed by atoms with Crippen LogP contribution in [0.2, 0.25) is 0 Å². The van der Waals surface area contributed by atoms with Gasteiger partial charge in [-0.15, -0.1) is 0 Å². The molecule has 7 atom stereocenters. The highest BCUT2D eigenvalue weighted by Crippen LogP contribution is 2.23. The predicted octanol–water partition coefficient (Wildman–Crippen LogP) is 21.8. The lowest BCUT2D eigenvalue weighted by Crippen LogP contribution is -2.60. The molecule has 0 aromatic heterocycles. The van der Waals surface area contributed by atoms with E-state index in [1.54, 1.807) is 6.08 Å². The molecule has 1 amide bonds. The lowest BCUT2D eigenvalue weighted by Gasteiger charge is -2.40. The van der Waals surface area contributed by atoms with Gasteiger partial charge in [0.05, 0.1) is 25.4 Å². The summed E-state index contributed by atoms with van der Waals surface area (Å²) in [6.07, 6.45) is 97.6. The molecule has 0 aromatic rings. The molecule has 6 N–H and O–H groups in total. The van der Waals surface area contributed by atoms with Gasteiger partial charge < -0.3 is 40.3 Å². The second kappa shape index (κ2) is 69.4. The normalized spacial score (nSPS) is 18.4. The van der Waals surface area contributed by atoms with E-state index in [0.29, 0.717) is 6.42 Å². The summed E-state index contributed by atoms with van der Waals surface area (Å²) >= 11 is 0. The van der Waals surface area contributed by atoms with Gasteiger partial charge in [-0.3, -0.25) is 4.79 Å². The van der Waals surface area contributed by atoms with Gasteiger partial charge in [-0.25, -0.2) is 0 Å². The predicted molar refractivity (Wildman–Crippen MR) is 391 cm³/mol. The first-order chi connectivity index (χ1) is 44.8. The third kappa shape index (κ3) is 57.7. The molecular formula is C82H143NO8. The third-order valence-corrected chi connectivity index (χ3v) is 17.5. The zero-order chi connectivity index (χ0) is 65.7. The molecule has 0 saturated carbocycles. The highest BCUT2D eigenvalue weighted by Gasteiger charge is 2.44. The summed E-state index contributed by atoms with van der Waals surface area (Å²) < 4.78 is 11.3. The Morgan fingerprint density at radius 1 is 0.385 bits per heavy atom. The molecule has 1 rings (SSSR count). The number of allylic oxidation sites excluding steroid dienone is 19. The van der Waals surface area contributed by atoms with Crippen molar-refractivity contribution in [3.8, 4) is 0 Å². The smallest absolute Gasteiger partial charge is 0.220 e. The van der Waals surface area contributed by atoms with Crippen LogP contribution < -0.4 is 5.32 Å². The maximum atomic E-state index is 13.2. The topological polar surface area (TPSA) is 149 Å². The Hall–Kier alpha value is -3.41. The Labute approximate surface area is 560 Å². The second-order valence-corrected chi connectivity index (χ2v) is 26.0. The fourth-order valence-corrected chi connectivity index (χ4v) is 11.6. The number of aliphatic hydroxyl groups is 5. The first-order valence-corrected chi connectivity index (χ1v) is 38.3. The van der Waals surface area contributed by atoms with Crippen LogP contribution in [-0.4, -0.2) is 87.5 Å². The number of rotatable bonds is 66. The lowest BCUT2D eigenvalue weighted by molar-refractivity contribution is -0.302. The first kappa shape index (κ1) is 85.6. The highest BCUT2D eigenvalue weighted by atomic mass is 16.7. The number of unbranched alkanes of at least 4 members (excludes halogenated alkanes) is 38. The Morgan fingerprint density at radius 3 is 1.05 bits per heavy atom. The molecule has 9 nitrogen and oxygen atoms in total. The lowest BCUT2D eigenvalue weighted by atomic mass is 9.99. The Bertz CT molecular complexity index is 1860. The number of ether oxygens (including phenoxy) is 2. The van der Waals surface area contributed by atoms with Crippen molar-refractivity contribution in [2.75, 3.05) is 13.2 Å². The molecule has 1 aliphatic rings. The summed E-state index contributed by atoms with van der Waals surface area (Å²) in [6.45, 7) is 3.67. The monoisotopic (exact) mass is 1270 g/mol. The van der Waals surface area contributed by atoms with Gasteiger partial charge in [0.15, 0.2) is 6.29 Å². The highest BCUT2D eigenvalue weighted by molar-refractivity contribution is 5.76. The van der Waals surface area contributed by atoms with E-state index in [1.165, 1.54) is 225 Å². The van der Waals surface area contributed by atoms with Gasteiger partial charge in [-0.1, -0.05) is 347 Å². The van der Waals surface area contributed by atoms with Gasteiger partial charge in [-0.2, -0.15) is 0 Å². The molecule has 524 valence electrons. The van der Waals surface area contributed by atoms with Crippen molar-refractivity contribution in [1.82, 2.24) is 5.32 Å². The quantitative estimate of drug-likeness (QED) is 0.0261. The van der Waals surface area contributed by atoms with Crippen LogP contribution in [0.25, 0.3) is 0 Å². The Morgan fingerprint density at radius 2 is 0.692 bits per heavy atom. The number of carbonyl (C=O) groups excluding carboxylic acids is 1. The minimum Gasteiger partial charge on any atom is -0.394 e. The van der Waals surface area contributed by atoms with E-state index < -0.39 is 49.5 Å². The summed E-state index contributed by atoms with van der Waals surface area (Å²) in [5, 5.41) is 54.8. The standard InChI is InChI=1S/C82H143NO8/c1-3-5-7-9-11-13-15-17-19-21-23-25-27-29-31-32-33-34-35-36-37-38-39-40-41-42-43-44-46-48-50-52-54-56-58-60-62-64-66-68-70-72-78(86)83-75(74-90-82-81(89)80(88)79(87)77(73-84)91-82)76(85)71-69-67-65-63-61-59-57-55-53-51-49-47-45-30-28-26-24-22-20-18-16-14-12-10-8-6-4-2/h5,7,11,13,17,19,23,25,29,31,33-34,36-37,53,55,61,63,69,71,75-77,79-82,84-85,87-89H,3-4,6,8-10,12,14-16,18,20-22,24,26-28,30,32,35,38-52,54,56-60,62,64-68,70,72-74H2,1-2H3,(H,83,86)/b7-5-,13-11-,19-17-,25-23-,31-29-,34-33-,37-36-,55-53+,63-61+,71-69+. The summed E-state index contributed by atoms with van der Waals surface area (Å²) in [4.78, 5) is 13.2. The van der Waals surface area contributed by atoms with Crippen molar-refractivity contribution in [2.45, 2.75) is 378 Å². The van der Waals surface area contributed by atoms with Crippen molar-refractivity contribution in [1.29, 1.82) is 0 Å². The number of nitrogens with one attached hydrogen (secondary N) is 1. The van der Waals surface area contributed by atoms with Gasteiger partial charge in [0.2, 0.25) is 5.91 Å². The van der Waals surface area contributed by atoms with E-state index in [9.17, 15) is 30.3 Å². The minimum atomic E-state index is -1.58. The van der Waals surface area contributed by atoms with Crippen LogP contribution in [0, 0.1) is 0 Å². The van der Waals surface area contributed by atoms with Gasteiger partial charge in [0.25, 0.3) is 0 Å². The summed E-state index contributed by atoms with van der Waals surface area (Å²) in [5.74, 6) is -0.189. The van der Waals surface area contributed by atoms with Crippen LogP contribution in [0.3, 0.4) is 0 Å². The average Bonchev–Trinajstić information content (AvgIpc) is 1.58. The number of aliphatic hydroxyl groups excluding tert-OH is 5. The van der Waals surface area contributed by atoms with Crippen LogP contribution in [0.15, 0.2) is 122 Å². The zero-order valence-corrected chi connectivity index (χ0v) is 58.8. The second-order valence-electron chi connectivity index (χ2n) is 26.0. The molecule has 91 heavy (non-hydrogen) atoms. The van der Waals surface area contributed by atoms with Crippen molar-refractivity contribution >= 4 is 5.91 Å². The van der Waals surface area contributed by atoms with E-state index in [-0.39, 0.29) is 12.5 Å². The van der Waals surface area contributed by atoms with E-state index >= 15 is 0 Å². The molecule has 1 fully saturated rings. The summed E-state index contributed by atoms with van der Waals surface area (Å²) in [5.41, 5.74) is 0. The Kier molecular flexibility index (Phi) is 65.3. The maximum Gasteiger partial charge on any atom is 0.220 e. The molecular weight excluding hydrogens is 1130 g/mol. The summed E-state index contributed by atoms with van der Waals surface area (Å²) in [6, 6.07) is -0.835. The van der Waals surface area contributed by atoms with Crippen LogP contribution in [-0.2, 0) is 14.3 Å². The van der Waals surface area contributed by atoms with E-state index in [1.807, 2.05) is 6.08 Å². The first-order valence-electron chi connectivity index (χ1n) is 38.3. The number of amides is 1. The van der Waals surface area contributed by atoms with Crippen molar-refractivity contribution in [3.05, 3.63) is 122 Å². The Balaban J connectivity index is 2.11. The fourth-order valence-electron chi connectivity index (χ4n) is 11.6. The molecule has 0 radical (unpaired) electrons. The molecule has 0 spiro atoms. The van der Waals surface area contributed by atoms with Gasteiger partial charge in [-0.05, 0) is 103 Å². The molecule has 9 heteroatoms. The van der Waals surface area contributed by atoms with Crippen LogP contribution >= 0.6 is 0 Å². The van der Waals surface area contributed by atoms with Crippen LogP contribution in [0.1, 0.15) is 335 Å². The zero-order valence-electron chi connectivity index (χ0n) is 58.8. The number of hydrogen-bond donors (Lipinski definition) is 6. The van der Waals surface area contributed by atoms with Gasteiger partial charge >= 0.3 is 0 Å². The van der Waals surface area contributed by atoms with Gasteiger partial charge in [0, 0.05) is 6.42 Å². The molecule has 0 bridgehead atoms. The molecule has 0 aliphatic carbocycles.